The first-order valence-electron chi connectivity index (χ1n) is 7.82. The van der Waals surface area contributed by atoms with Crippen LogP contribution in [0, 0.1) is 6.92 Å². The van der Waals surface area contributed by atoms with Gasteiger partial charge >= 0.3 is 0 Å². The van der Waals surface area contributed by atoms with Gasteiger partial charge in [-0.05, 0) is 49.7 Å². The second-order valence-corrected chi connectivity index (χ2v) is 5.46. The van der Waals surface area contributed by atoms with Crippen LogP contribution in [-0.2, 0) is 9.63 Å². The van der Waals surface area contributed by atoms with Crippen LogP contribution in [0.4, 0.5) is 5.69 Å². The first-order valence-corrected chi connectivity index (χ1v) is 7.82. The molecule has 1 amide bonds. The van der Waals surface area contributed by atoms with Crippen molar-refractivity contribution in [2.75, 3.05) is 19.5 Å². The molecular formula is C19H22N2O4. The first kappa shape index (κ1) is 18.3. The SMILES string of the molecule is COc1ccc(/C=N/OC(C)C(=O)Nc2cccc(C)c2)cc1OC. The molecule has 1 atom stereocenters. The summed E-state index contributed by atoms with van der Waals surface area (Å²) in [5, 5.41) is 6.66. The van der Waals surface area contributed by atoms with Gasteiger partial charge in [0.2, 0.25) is 6.10 Å². The molecule has 0 bridgehead atoms. The van der Waals surface area contributed by atoms with E-state index >= 15 is 0 Å². The third-order valence-electron chi connectivity index (χ3n) is 3.48. The number of amides is 1. The van der Waals surface area contributed by atoms with Gasteiger partial charge < -0.3 is 19.6 Å². The van der Waals surface area contributed by atoms with Gasteiger partial charge in [-0.15, -0.1) is 0 Å². The molecule has 0 aromatic heterocycles. The van der Waals surface area contributed by atoms with E-state index in [-0.39, 0.29) is 5.91 Å². The second-order valence-electron chi connectivity index (χ2n) is 5.46. The lowest BCUT2D eigenvalue weighted by Gasteiger charge is -2.11. The fraction of sp³-hybridized carbons (Fsp3) is 0.263. The maximum Gasteiger partial charge on any atom is 0.267 e. The van der Waals surface area contributed by atoms with Crippen LogP contribution in [0.3, 0.4) is 0 Å². The smallest absolute Gasteiger partial charge is 0.267 e. The molecule has 6 nitrogen and oxygen atoms in total. The highest BCUT2D eigenvalue weighted by atomic mass is 16.6. The monoisotopic (exact) mass is 342 g/mol. The minimum atomic E-state index is -0.725. The highest BCUT2D eigenvalue weighted by Gasteiger charge is 2.14. The van der Waals surface area contributed by atoms with Crippen LogP contribution >= 0.6 is 0 Å². The molecule has 2 rings (SSSR count). The standard InChI is InChI=1S/C19H22N2O4/c1-13-6-5-7-16(10-13)21-19(22)14(2)25-20-12-15-8-9-17(23-3)18(11-15)24-4/h5-12,14H,1-4H3,(H,21,22)/b20-12+. The fourth-order valence-corrected chi connectivity index (χ4v) is 2.13. The highest BCUT2D eigenvalue weighted by Crippen LogP contribution is 2.26. The van der Waals surface area contributed by atoms with Gasteiger partial charge in [-0.2, -0.15) is 0 Å². The van der Waals surface area contributed by atoms with Crippen molar-refractivity contribution in [3.63, 3.8) is 0 Å². The molecule has 0 fully saturated rings. The molecular weight excluding hydrogens is 320 g/mol. The molecule has 0 spiro atoms. The van der Waals surface area contributed by atoms with Crippen molar-refractivity contribution in [1.29, 1.82) is 0 Å². The van der Waals surface area contributed by atoms with Crippen LogP contribution < -0.4 is 14.8 Å². The summed E-state index contributed by atoms with van der Waals surface area (Å²) < 4.78 is 10.4. The minimum absolute atomic E-state index is 0.268. The predicted molar refractivity (Wildman–Crippen MR) is 97.5 cm³/mol. The van der Waals surface area contributed by atoms with E-state index in [1.807, 2.05) is 37.3 Å². The van der Waals surface area contributed by atoms with Gasteiger partial charge in [-0.1, -0.05) is 17.3 Å². The van der Waals surface area contributed by atoms with Crippen molar-refractivity contribution >= 4 is 17.8 Å². The van der Waals surface area contributed by atoms with Gasteiger partial charge in [-0.3, -0.25) is 4.79 Å². The Morgan fingerprint density at radius 3 is 2.56 bits per heavy atom. The number of carbonyl (C=O) groups is 1. The van der Waals surface area contributed by atoms with Gasteiger partial charge in [0.05, 0.1) is 20.4 Å². The van der Waals surface area contributed by atoms with E-state index in [4.69, 9.17) is 14.3 Å². The number of ether oxygens (including phenoxy) is 2. The van der Waals surface area contributed by atoms with Gasteiger partial charge in [0.25, 0.3) is 5.91 Å². The van der Waals surface area contributed by atoms with Crippen molar-refractivity contribution in [2.45, 2.75) is 20.0 Å². The molecule has 1 N–H and O–H groups in total. The van der Waals surface area contributed by atoms with Crippen molar-refractivity contribution in [3.8, 4) is 11.5 Å². The molecule has 1 unspecified atom stereocenters. The van der Waals surface area contributed by atoms with Crippen molar-refractivity contribution in [1.82, 2.24) is 0 Å². The van der Waals surface area contributed by atoms with Crippen molar-refractivity contribution < 1.29 is 19.1 Å². The highest BCUT2D eigenvalue weighted by molar-refractivity contribution is 5.94. The maximum atomic E-state index is 12.1. The molecule has 0 saturated carbocycles. The number of hydrogen-bond donors (Lipinski definition) is 1. The average molecular weight is 342 g/mol. The molecule has 0 aliphatic carbocycles. The molecule has 2 aromatic carbocycles. The zero-order chi connectivity index (χ0) is 18.2. The van der Waals surface area contributed by atoms with Crippen LogP contribution in [0.2, 0.25) is 0 Å². The maximum absolute atomic E-state index is 12.1. The van der Waals surface area contributed by atoms with Crippen LogP contribution in [-0.4, -0.2) is 32.4 Å². The van der Waals surface area contributed by atoms with E-state index in [1.165, 1.54) is 6.21 Å². The topological polar surface area (TPSA) is 69.2 Å². The Balaban J connectivity index is 1.93. The number of aryl methyl sites for hydroxylation is 1. The molecule has 0 aliphatic rings. The van der Waals surface area contributed by atoms with Crippen LogP contribution in [0.5, 0.6) is 11.5 Å². The normalized spacial score (nSPS) is 11.8. The van der Waals surface area contributed by atoms with E-state index in [0.29, 0.717) is 11.5 Å². The Morgan fingerprint density at radius 2 is 1.88 bits per heavy atom. The van der Waals surface area contributed by atoms with E-state index in [9.17, 15) is 4.79 Å². The quantitative estimate of drug-likeness (QED) is 0.618. The Bertz CT molecular complexity index is 759. The Morgan fingerprint density at radius 1 is 1.12 bits per heavy atom. The number of rotatable bonds is 7. The zero-order valence-corrected chi connectivity index (χ0v) is 14.8. The zero-order valence-electron chi connectivity index (χ0n) is 14.8. The lowest BCUT2D eigenvalue weighted by molar-refractivity contribution is -0.126. The predicted octanol–water partition coefficient (Wildman–Crippen LogP) is 3.39. The number of benzene rings is 2. The third-order valence-corrected chi connectivity index (χ3v) is 3.48. The Hall–Kier alpha value is -3.02. The largest absolute Gasteiger partial charge is 0.493 e. The number of nitrogens with zero attached hydrogens (tertiary/aromatic N) is 1. The Kier molecular flexibility index (Phi) is 6.39. The lowest BCUT2D eigenvalue weighted by atomic mass is 10.2. The second kappa shape index (κ2) is 8.73. The van der Waals surface area contributed by atoms with E-state index in [0.717, 1.165) is 16.8 Å². The molecule has 25 heavy (non-hydrogen) atoms. The molecule has 0 heterocycles. The van der Waals surface area contributed by atoms with E-state index in [2.05, 4.69) is 10.5 Å². The number of anilines is 1. The number of carbonyl (C=O) groups excluding carboxylic acids is 1. The van der Waals surface area contributed by atoms with Crippen LogP contribution in [0.25, 0.3) is 0 Å². The van der Waals surface area contributed by atoms with Crippen molar-refractivity contribution in [3.05, 3.63) is 53.6 Å². The number of methoxy groups -OCH3 is 2. The van der Waals surface area contributed by atoms with Crippen molar-refractivity contribution in [2.24, 2.45) is 5.16 Å². The number of nitrogens with one attached hydrogen (secondary N) is 1. The molecule has 6 heteroatoms. The summed E-state index contributed by atoms with van der Waals surface area (Å²) in [6, 6.07) is 12.9. The molecule has 0 radical (unpaired) electrons. The fourth-order valence-electron chi connectivity index (χ4n) is 2.13. The van der Waals surface area contributed by atoms with Crippen LogP contribution in [0.15, 0.2) is 47.6 Å². The summed E-state index contributed by atoms with van der Waals surface area (Å²) in [7, 11) is 3.14. The van der Waals surface area contributed by atoms with Gasteiger partial charge in [0.1, 0.15) is 0 Å². The molecule has 0 aliphatic heterocycles. The van der Waals surface area contributed by atoms with E-state index in [1.54, 1.807) is 33.3 Å². The first-order chi connectivity index (χ1) is 12.0. The van der Waals surface area contributed by atoms with Gasteiger partial charge in [0, 0.05) is 11.3 Å². The summed E-state index contributed by atoms with van der Waals surface area (Å²) in [5.41, 5.74) is 2.56. The lowest BCUT2D eigenvalue weighted by Crippen LogP contribution is -2.26. The summed E-state index contributed by atoms with van der Waals surface area (Å²) in [4.78, 5) is 17.3. The summed E-state index contributed by atoms with van der Waals surface area (Å²) in [6.45, 7) is 3.60. The van der Waals surface area contributed by atoms with Gasteiger partial charge in [-0.25, -0.2) is 0 Å². The third kappa shape index (κ3) is 5.24. The molecule has 0 saturated heterocycles. The summed E-state index contributed by atoms with van der Waals surface area (Å²) >= 11 is 0. The summed E-state index contributed by atoms with van der Waals surface area (Å²) in [6.07, 6.45) is 0.787. The number of oxime groups is 1. The summed E-state index contributed by atoms with van der Waals surface area (Å²) in [5.74, 6) is 0.957. The number of hydrogen-bond acceptors (Lipinski definition) is 5. The van der Waals surface area contributed by atoms with Gasteiger partial charge in [0.15, 0.2) is 11.5 Å². The van der Waals surface area contributed by atoms with Crippen LogP contribution in [0.1, 0.15) is 18.1 Å². The average Bonchev–Trinajstić information content (AvgIpc) is 2.61. The molecule has 132 valence electrons. The van der Waals surface area contributed by atoms with E-state index < -0.39 is 6.10 Å². The minimum Gasteiger partial charge on any atom is -0.493 e. The molecule has 2 aromatic rings. The Labute approximate surface area is 147 Å².